The summed E-state index contributed by atoms with van der Waals surface area (Å²) in [6.07, 6.45) is 3.20. The Balaban J connectivity index is 0.00000225. The van der Waals surface area contributed by atoms with Crippen LogP contribution in [0.3, 0.4) is 0 Å². The first-order valence-corrected chi connectivity index (χ1v) is 8.55. The zero-order valence-corrected chi connectivity index (χ0v) is 15.5. The van der Waals surface area contributed by atoms with E-state index in [0.717, 1.165) is 28.8 Å². The molecule has 0 radical (unpaired) electrons. The van der Waals surface area contributed by atoms with Crippen LogP contribution in [0.2, 0.25) is 0 Å². The quantitative estimate of drug-likeness (QED) is 0.528. The molecule has 3 aromatic heterocycles. The molecule has 4 rings (SSSR count). The fraction of sp³-hybridized carbons (Fsp3) is 0.300. The van der Waals surface area contributed by atoms with Crippen LogP contribution in [0.25, 0.3) is 16.7 Å². The first kappa shape index (κ1) is 19.5. The fourth-order valence-electron chi connectivity index (χ4n) is 3.16. The van der Waals surface area contributed by atoms with E-state index >= 15 is 0 Å². The Morgan fingerprint density at radius 2 is 1.82 bits per heavy atom. The molecule has 1 aromatic carbocycles. The minimum atomic E-state index is -0.265. The zero-order chi connectivity index (χ0) is 19.0. The normalized spacial score (nSPS) is 11.1. The Labute approximate surface area is 163 Å². The summed E-state index contributed by atoms with van der Waals surface area (Å²) < 4.78 is 8.15. The second-order valence-electron chi connectivity index (χ2n) is 6.66. The maximum Gasteiger partial charge on any atom is 0.352 e. The molecule has 3 heterocycles. The van der Waals surface area contributed by atoms with Crippen LogP contribution in [0.15, 0.2) is 47.7 Å². The Bertz CT molecular complexity index is 1160. The van der Waals surface area contributed by atoms with Crippen LogP contribution in [-0.4, -0.2) is 50.3 Å². The van der Waals surface area contributed by atoms with Gasteiger partial charge in [-0.25, -0.2) is 14.8 Å². The minimum Gasteiger partial charge on any atom is -0.497 e. The molecule has 0 aliphatic heterocycles. The number of hydrogen-bond acceptors (Lipinski definition) is 6. The van der Waals surface area contributed by atoms with Gasteiger partial charge in [0.15, 0.2) is 5.65 Å². The second kappa shape index (κ2) is 7.77. The summed E-state index contributed by atoms with van der Waals surface area (Å²) >= 11 is 0. The second-order valence-corrected chi connectivity index (χ2v) is 6.66. The summed E-state index contributed by atoms with van der Waals surface area (Å²) in [6, 6.07) is 9.64. The highest BCUT2D eigenvalue weighted by atomic mass is 16.5. The van der Waals surface area contributed by atoms with Gasteiger partial charge in [0.05, 0.1) is 19.0 Å². The van der Waals surface area contributed by atoms with Crippen LogP contribution in [-0.2, 0) is 13.1 Å². The summed E-state index contributed by atoms with van der Waals surface area (Å²) in [4.78, 5) is 23.9. The van der Waals surface area contributed by atoms with Crippen molar-refractivity contribution in [2.45, 2.75) is 20.5 Å². The van der Waals surface area contributed by atoms with Crippen molar-refractivity contribution < 1.29 is 4.74 Å². The molecule has 0 fully saturated rings. The highest BCUT2D eigenvalue weighted by molar-refractivity contribution is 5.89. The number of nitrogens with zero attached hydrogens (tertiary/aromatic N) is 6. The minimum absolute atomic E-state index is 0. The molecule has 0 atom stereocenters. The molecule has 8 heteroatoms. The topological polar surface area (TPSA) is 77.5 Å². The number of fused-ring (bicyclic) bond motifs is 3. The molecule has 0 unspecified atom stereocenters. The summed E-state index contributed by atoms with van der Waals surface area (Å²) in [6.45, 7) is 1.13. The van der Waals surface area contributed by atoms with Crippen LogP contribution in [0, 0.1) is 0 Å². The van der Waals surface area contributed by atoms with Crippen molar-refractivity contribution in [3.63, 3.8) is 0 Å². The molecular weight excluding hydrogens is 356 g/mol. The number of ether oxygens (including phenoxy) is 1. The Kier molecular flexibility index (Phi) is 5.41. The Morgan fingerprint density at radius 1 is 1.07 bits per heavy atom. The number of aromatic nitrogens is 5. The molecule has 0 aliphatic carbocycles. The van der Waals surface area contributed by atoms with Crippen molar-refractivity contribution in [1.82, 2.24) is 29.0 Å². The average Bonchev–Trinajstić information content (AvgIpc) is 3.15. The van der Waals surface area contributed by atoms with Crippen LogP contribution >= 0.6 is 0 Å². The van der Waals surface area contributed by atoms with E-state index in [2.05, 4.69) is 20.0 Å². The Hall–Kier alpha value is -3.26. The van der Waals surface area contributed by atoms with E-state index in [1.807, 2.05) is 44.4 Å². The average molecular weight is 380 g/mol. The third-order valence-electron chi connectivity index (χ3n) is 4.38. The summed E-state index contributed by atoms with van der Waals surface area (Å²) in [5.74, 6) is 0.772. The van der Waals surface area contributed by atoms with E-state index in [1.165, 1.54) is 10.8 Å². The monoisotopic (exact) mass is 380 g/mol. The largest absolute Gasteiger partial charge is 0.497 e. The number of rotatable bonds is 5. The lowest BCUT2D eigenvalue weighted by molar-refractivity contribution is 0.402. The predicted molar refractivity (Wildman–Crippen MR) is 109 cm³/mol. The van der Waals surface area contributed by atoms with Crippen molar-refractivity contribution in [2.75, 3.05) is 21.2 Å². The van der Waals surface area contributed by atoms with Gasteiger partial charge in [-0.2, -0.15) is 9.61 Å². The molecule has 28 heavy (non-hydrogen) atoms. The predicted octanol–water partition coefficient (Wildman–Crippen LogP) is 2.19. The van der Waals surface area contributed by atoms with Crippen molar-refractivity contribution in [1.29, 1.82) is 0 Å². The van der Waals surface area contributed by atoms with Gasteiger partial charge in [0.2, 0.25) is 0 Å². The van der Waals surface area contributed by atoms with Gasteiger partial charge in [0.1, 0.15) is 17.7 Å². The summed E-state index contributed by atoms with van der Waals surface area (Å²) in [5.41, 5.74) is 2.87. The van der Waals surface area contributed by atoms with Gasteiger partial charge in [-0.3, -0.25) is 4.57 Å². The van der Waals surface area contributed by atoms with Gasteiger partial charge in [0.25, 0.3) is 0 Å². The van der Waals surface area contributed by atoms with E-state index in [9.17, 15) is 4.79 Å². The maximum atomic E-state index is 12.9. The molecule has 0 saturated carbocycles. The van der Waals surface area contributed by atoms with Crippen LogP contribution < -0.4 is 10.4 Å². The number of benzene rings is 1. The number of methoxy groups -OCH3 is 1. The van der Waals surface area contributed by atoms with Gasteiger partial charge in [-0.15, -0.1) is 0 Å². The van der Waals surface area contributed by atoms with Crippen molar-refractivity contribution >= 4 is 16.7 Å². The molecule has 0 N–H and O–H groups in total. The number of hydrogen-bond donors (Lipinski definition) is 0. The lowest BCUT2D eigenvalue weighted by Gasteiger charge is -2.13. The molecule has 0 saturated heterocycles. The molecule has 0 spiro atoms. The standard InChI is InChI=1S/C19H20N6O2.CH4/c1-23(2)10-14-8-16-17(20-9-14)24(19(26)25-18(16)21-12-22-25)11-13-4-6-15(27-3)7-5-13;/h4-9,12H,10-11H2,1-3H3;1H4. The molecule has 8 nitrogen and oxygen atoms in total. The SMILES string of the molecule is C.COc1ccc(Cn2c(=O)n3ncnc3c3cc(CN(C)C)cnc32)cc1. The zero-order valence-electron chi connectivity index (χ0n) is 15.5. The van der Waals surface area contributed by atoms with E-state index in [-0.39, 0.29) is 13.1 Å². The molecule has 4 aromatic rings. The maximum absolute atomic E-state index is 12.9. The lowest BCUT2D eigenvalue weighted by atomic mass is 10.2. The highest BCUT2D eigenvalue weighted by Gasteiger charge is 2.15. The Morgan fingerprint density at radius 3 is 2.50 bits per heavy atom. The molecule has 146 valence electrons. The summed E-state index contributed by atoms with van der Waals surface area (Å²) in [5, 5.41) is 4.91. The summed E-state index contributed by atoms with van der Waals surface area (Å²) in [7, 11) is 5.63. The van der Waals surface area contributed by atoms with Gasteiger partial charge < -0.3 is 9.64 Å². The van der Waals surface area contributed by atoms with E-state index in [1.54, 1.807) is 17.9 Å². The van der Waals surface area contributed by atoms with Gasteiger partial charge in [0, 0.05) is 12.7 Å². The molecule has 0 bridgehead atoms. The lowest BCUT2D eigenvalue weighted by Crippen LogP contribution is -2.29. The van der Waals surface area contributed by atoms with Crippen LogP contribution in [0.5, 0.6) is 5.75 Å². The highest BCUT2D eigenvalue weighted by Crippen LogP contribution is 2.19. The van der Waals surface area contributed by atoms with E-state index < -0.39 is 0 Å². The first-order valence-electron chi connectivity index (χ1n) is 8.55. The van der Waals surface area contributed by atoms with Gasteiger partial charge >= 0.3 is 5.69 Å². The van der Waals surface area contributed by atoms with Gasteiger partial charge in [-0.1, -0.05) is 19.6 Å². The first-order chi connectivity index (χ1) is 13.1. The van der Waals surface area contributed by atoms with E-state index in [0.29, 0.717) is 17.8 Å². The van der Waals surface area contributed by atoms with Crippen molar-refractivity contribution in [3.05, 3.63) is 64.5 Å². The van der Waals surface area contributed by atoms with Crippen molar-refractivity contribution in [3.8, 4) is 5.75 Å². The number of pyridine rings is 1. The van der Waals surface area contributed by atoms with Crippen LogP contribution in [0.4, 0.5) is 0 Å². The molecule has 0 aliphatic rings. The third kappa shape index (κ3) is 3.46. The molecule has 0 amide bonds. The third-order valence-corrected chi connectivity index (χ3v) is 4.38. The van der Waals surface area contributed by atoms with Crippen LogP contribution in [0.1, 0.15) is 18.6 Å². The fourth-order valence-corrected chi connectivity index (χ4v) is 3.16. The molecular formula is C20H24N6O2. The smallest absolute Gasteiger partial charge is 0.352 e. The van der Waals surface area contributed by atoms with Gasteiger partial charge in [-0.05, 0) is 43.4 Å². The van der Waals surface area contributed by atoms with Crippen molar-refractivity contribution in [2.24, 2.45) is 0 Å². The van der Waals surface area contributed by atoms with E-state index in [4.69, 9.17) is 4.74 Å².